The Labute approximate surface area is 85.6 Å². The van der Waals surface area contributed by atoms with E-state index in [-0.39, 0.29) is 15.9 Å². The van der Waals surface area contributed by atoms with Crippen molar-refractivity contribution < 1.29 is 5.11 Å². The molecule has 1 aromatic rings. The average Bonchev–Trinajstić information content (AvgIpc) is 2.19. The third kappa shape index (κ3) is 2.90. The predicted molar refractivity (Wildman–Crippen MR) is 55.9 cm³/mol. The van der Waals surface area contributed by atoms with Gasteiger partial charge in [-0.05, 0) is 24.8 Å². The van der Waals surface area contributed by atoms with Gasteiger partial charge in [0.1, 0.15) is 5.04 Å². The lowest BCUT2D eigenvalue weighted by Gasteiger charge is -2.05. The van der Waals surface area contributed by atoms with Gasteiger partial charge in [-0.1, -0.05) is 0 Å². The van der Waals surface area contributed by atoms with E-state index in [1.807, 2.05) is 0 Å². The third-order valence-electron chi connectivity index (χ3n) is 1.36. The number of hydrogen-bond donors (Lipinski definition) is 3. The molecule has 1 atom stereocenters. The largest absolute Gasteiger partial charge is 0.387 e. The van der Waals surface area contributed by atoms with Gasteiger partial charge in [-0.3, -0.25) is 10.8 Å². The minimum absolute atomic E-state index is 0.0162. The first-order chi connectivity index (χ1) is 6.61. The Morgan fingerprint density at radius 1 is 1.43 bits per heavy atom. The molecule has 0 saturated carbocycles. The lowest BCUT2D eigenvalue weighted by molar-refractivity contribution is 0.264. The predicted octanol–water partition coefficient (Wildman–Crippen LogP) is 0.893. The summed E-state index contributed by atoms with van der Waals surface area (Å²) in [5, 5.41) is 24.0. The van der Waals surface area contributed by atoms with Crippen molar-refractivity contribution in [1.82, 2.24) is 9.97 Å². The molecule has 0 saturated heterocycles. The van der Waals surface area contributed by atoms with Gasteiger partial charge in [0.25, 0.3) is 0 Å². The minimum Gasteiger partial charge on any atom is -0.387 e. The van der Waals surface area contributed by atoms with E-state index in [9.17, 15) is 0 Å². The van der Waals surface area contributed by atoms with E-state index in [2.05, 4.69) is 9.97 Å². The summed E-state index contributed by atoms with van der Waals surface area (Å²) in [6.45, 7) is 1.48. The number of nitrogens with zero attached hydrogens (tertiary/aromatic N) is 2. The van der Waals surface area contributed by atoms with Crippen molar-refractivity contribution in [3.05, 3.63) is 24.3 Å². The van der Waals surface area contributed by atoms with Crippen molar-refractivity contribution in [1.29, 1.82) is 10.8 Å². The third-order valence-corrected chi connectivity index (χ3v) is 2.31. The maximum absolute atomic E-state index is 9.03. The topological polar surface area (TPSA) is 93.7 Å². The average molecular weight is 210 g/mol. The fourth-order valence-corrected chi connectivity index (χ4v) is 1.24. The molecule has 14 heavy (non-hydrogen) atoms. The quantitative estimate of drug-likeness (QED) is 0.499. The van der Waals surface area contributed by atoms with Crippen LogP contribution in [-0.4, -0.2) is 31.3 Å². The summed E-state index contributed by atoms with van der Waals surface area (Å²) in [4.78, 5) is 7.71. The van der Waals surface area contributed by atoms with Crippen molar-refractivity contribution in [2.24, 2.45) is 0 Å². The van der Waals surface area contributed by atoms with Gasteiger partial charge in [-0.15, -0.1) is 0 Å². The summed E-state index contributed by atoms with van der Waals surface area (Å²) in [7, 11) is 0. The Balaban J connectivity index is 2.65. The number of nitrogens with one attached hydrogen (secondary N) is 2. The zero-order chi connectivity index (χ0) is 10.6. The molecule has 0 fully saturated rings. The molecule has 6 heteroatoms. The van der Waals surface area contributed by atoms with Crippen LogP contribution < -0.4 is 0 Å². The van der Waals surface area contributed by atoms with Crippen LogP contribution >= 0.6 is 11.8 Å². The molecule has 0 aliphatic carbocycles. The van der Waals surface area contributed by atoms with Gasteiger partial charge in [0.15, 0.2) is 5.82 Å². The van der Waals surface area contributed by atoms with Gasteiger partial charge in [-0.2, -0.15) is 0 Å². The summed E-state index contributed by atoms with van der Waals surface area (Å²) < 4.78 is 0. The monoisotopic (exact) mass is 210 g/mol. The Bertz CT molecular complexity index is 338. The SMILES string of the molecule is CC(O)C(=N)SC(=N)c1ncccn1. The summed E-state index contributed by atoms with van der Waals surface area (Å²) >= 11 is 0.852. The van der Waals surface area contributed by atoms with Crippen molar-refractivity contribution >= 4 is 21.8 Å². The van der Waals surface area contributed by atoms with Crippen LogP contribution in [0.5, 0.6) is 0 Å². The fourth-order valence-electron chi connectivity index (χ4n) is 0.657. The van der Waals surface area contributed by atoms with Crippen molar-refractivity contribution in [2.75, 3.05) is 0 Å². The number of thioether (sulfide) groups is 1. The lowest BCUT2D eigenvalue weighted by atomic mass is 10.5. The summed E-state index contributed by atoms with van der Waals surface area (Å²) in [6.07, 6.45) is 2.21. The molecule has 1 unspecified atom stereocenters. The van der Waals surface area contributed by atoms with E-state index in [1.165, 1.54) is 19.3 Å². The van der Waals surface area contributed by atoms with Gasteiger partial charge in [0.05, 0.1) is 11.1 Å². The van der Waals surface area contributed by atoms with E-state index in [4.69, 9.17) is 15.9 Å². The zero-order valence-electron chi connectivity index (χ0n) is 7.56. The number of hydrogen-bond acceptors (Lipinski definition) is 6. The maximum Gasteiger partial charge on any atom is 0.184 e. The van der Waals surface area contributed by atoms with Gasteiger partial charge >= 0.3 is 0 Å². The number of aliphatic hydroxyl groups excluding tert-OH is 1. The second-order valence-electron chi connectivity index (χ2n) is 2.54. The molecule has 0 aromatic carbocycles. The van der Waals surface area contributed by atoms with Crippen molar-refractivity contribution in [3.8, 4) is 0 Å². The Kier molecular flexibility index (Phi) is 3.73. The van der Waals surface area contributed by atoms with E-state index in [0.717, 1.165) is 11.8 Å². The fraction of sp³-hybridized carbons (Fsp3) is 0.250. The Morgan fingerprint density at radius 2 is 2.00 bits per heavy atom. The van der Waals surface area contributed by atoms with Crippen LogP contribution in [0.15, 0.2) is 18.5 Å². The number of rotatable bonds is 2. The van der Waals surface area contributed by atoms with Crippen LogP contribution in [0.3, 0.4) is 0 Å². The summed E-state index contributed by atoms with van der Waals surface area (Å²) in [5.74, 6) is 0.267. The highest BCUT2D eigenvalue weighted by atomic mass is 32.2. The zero-order valence-corrected chi connectivity index (χ0v) is 8.38. The molecule has 1 aromatic heterocycles. The number of aliphatic hydroxyl groups is 1. The van der Waals surface area contributed by atoms with Crippen LogP contribution in [0.1, 0.15) is 12.7 Å². The molecule has 3 N–H and O–H groups in total. The normalized spacial score (nSPS) is 12.1. The van der Waals surface area contributed by atoms with Crippen molar-refractivity contribution in [3.63, 3.8) is 0 Å². The smallest absolute Gasteiger partial charge is 0.184 e. The second-order valence-corrected chi connectivity index (χ2v) is 3.60. The van der Waals surface area contributed by atoms with Crippen LogP contribution in [0.25, 0.3) is 0 Å². The first-order valence-corrected chi connectivity index (χ1v) is 4.73. The molecule has 5 nitrogen and oxygen atoms in total. The maximum atomic E-state index is 9.03. The molecule has 1 heterocycles. The standard InChI is InChI=1S/C8H10N4OS/c1-5(13)6(9)14-7(10)8-11-3-2-4-12-8/h2-5,9-10,13H,1H3. The highest BCUT2D eigenvalue weighted by Crippen LogP contribution is 2.11. The molecule has 0 aliphatic rings. The highest BCUT2D eigenvalue weighted by Gasteiger charge is 2.11. The molecule has 0 amide bonds. The number of aromatic nitrogens is 2. The van der Waals surface area contributed by atoms with Crippen LogP contribution in [0.4, 0.5) is 0 Å². The molecular weight excluding hydrogens is 200 g/mol. The van der Waals surface area contributed by atoms with Gasteiger partial charge < -0.3 is 5.11 Å². The van der Waals surface area contributed by atoms with Crippen LogP contribution in [0, 0.1) is 10.8 Å². The molecule has 0 bridgehead atoms. The van der Waals surface area contributed by atoms with E-state index in [0.29, 0.717) is 0 Å². The molecule has 74 valence electrons. The minimum atomic E-state index is -0.857. The van der Waals surface area contributed by atoms with E-state index < -0.39 is 6.10 Å². The molecule has 0 spiro atoms. The summed E-state index contributed by atoms with van der Waals surface area (Å²) in [6, 6.07) is 1.65. The first kappa shape index (κ1) is 10.8. The van der Waals surface area contributed by atoms with E-state index in [1.54, 1.807) is 6.07 Å². The van der Waals surface area contributed by atoms with Gasteiger partial charge in [0.2, 0.25) is 0 Å². The lowest BCUT2D eigenvalue weighted by Crippen LogP contribution is -2.14. The van der Waals surface area contributed by atoms with Gasteiger partial charge in [0, 0.05) is 12.4 Å². The summed E-state index contributed by atoms with van der Waals surface area (Å²) in [5.41, 5.74) is 0. The molecular formula is C8H10N4OS. The molecule has 1 rings (SSSR count). The first-order valence-electron chi connectivity index (χ1n) is 3.91. The van der Waals surface area contributed by atoms with E-state index >= 15 is 0 Å². The Morgan fingerprint density at radius 3 is 2.50 bits per heavy atom. The molecule has 0 aliphatic heterocycles. The Hall–Kier alpha value is -1.27. The van der Waals surface area contributed by atoms with Crippen molar-refractivity contribution in [2.45, 2.75) is 13.0 Å². The van der Waals surface area contributed by atoms with Crippen LogP contribution in [-0.2, 0) is 0 Å². The molecule has 0 radical (unpaired) electrons. The van der Waals surface area contributed by atoms with Gasteiger partial charge in [-0.25, -0.2) is 9.97 Å². The highest BCUT2D eigenvalue weighted by molar-refractivity contribution is 8.26. The second kappa shape index (κ2) is 4.83. The van der Waals surface area contributed by atoms with Crippen LogP contribution in [0.2, 0.25) is 0 Å².